The van der Waals surface area contributed by atoms with E-state index in [-0.39, 0.29) is 30.2 Å². The molecule has 0 fully saturated rings. The number of benzene rings is 2. The maximum absolute atomic E-state index is 12.1. The molecule has 0 bridgehead atoms. The van der Waals surface area contributed by atoms with Gasteiger partial charge in [-0.1, -0.05) is 6.07 Å². The number of aliphatic carboxylic acids is 1. The Morgan fingerprint density at radius 1 is 1.04 bits per heavy atom. The number of hydrogen-bond acceptors (Lipinski definition) is 5. The van der Waals surface area contributed by atoms with E-state index < -0.39 is 11.9 Å². The van der Waals surface area contributed by atoms with Crippen LogP contribution in [0.15, 0.2) is 36.4 Å². The number of rotatable bonds is 6. The van der Waals surface area contributed by atoms with Crippen molar-refractivity contribution in [2.45, 2.75) is 19.4 Å². The van der Waals surface area contributed by atoms with E-state index in [4.69, 9.17) is 5.11 Å². The van der Waals surface area contributed by atoms with Gasteiger partial charge in [-0.2, -0.15) is 0 Å². The highest BCUT2D eigenvalue weighted by atomic mass is 16.4. The zero-order valence-corrected chi connectivity index (χ0v) is 15.0. The molecule has 0 aromatic heterocycles. The van der Waals surface area contributed by atoms with E-state index in [2.05, 4.69) is 5.32 Å². The molecule has 8 nitrogen and oxygen atoms in total. The van der Waals surface area contributed by atoms with E-state index >= 15 is 0 Å². The fraction of sp³-hybridized carbons (Fsp3) is 0.250. The van der Waals surface area contributed by atoms with Crippen LogP contribution < -0.4 is 10.2 Å². The SMILES string of the molecule is O=C(O)CCNC(=O)c1ccc2c(c1)CCN(c1ccc(O)c(C(=O)O)c1)C2. The van der Waals surface area contributed by atoms with Crippen LogP contribution in [-0.4, -0.2) is 46.3 Å². The van der Waals surface area contributed by atoms with Crippen molar-refractivity contribution in [3.05, 3.63) is 58.7 Å². The Kier molecular flexibility index (Phi) is 5.49. The van der Waals surface area contributed by atoms with Gasteiger partial charge in [0.25, 0.3) is 5.91 Å². The first-order valence-electron chi connectivity index (χ1n) is 8.78. The summed E-state index contributed by atoms with van der Waals surface area (Å²) in [4.78, 5) is 35.9. The minimum atomic E-state index is -1.18. The van der Waals surface area contributed by atoms with E-state index in [9.17, 15) is 24.6 Å². The standard InChI is InChI=1S/C20H20N2O6/c23-17-4-3-15(10-16(17)20(27)28)22-8-6-12-9-13(1-2-14(12)11-22)19(26)21-7-5-18(24)25/h1-4,9-10,23H,5-8,11H2,(H,21,26)(H,24,25)(H,27,28). The van der Waals surface area contributed by atoms with Gasteiger partial charge in [-0.3, -0.25) is 9.59 Å². The molecule has 0 atom stereocenters. The highest BCUT2D eigenvalue weighted by Crippen LogP contribution is 2.29. The minimum absolute atomic E-state index is 0.0752. The number of aromatic carboxylic acids is 1. The number of carbonyl (C=O) groups excluding carboxylic acids is 1. The Balaban J connectivity index is 1.72. The Hall–Kier alpha value is -3.55. The van der Waals surface area contributed by atoms with Gasteiger partial charge in [0.15, 0.2) is 0 Å². The van der Waals surface area contributed by atoms with Gasteiger partial charge in [-0.15, -0.1) is 0 Å². The summed E-state index contributed by atoms with van der Waals surface area (Å²) in [5, 5.41) is 30.1. The molecule has 2 aromatic carbocycles. The lowest BCUT2D eigenvalue weighted by Gasteiger charge is -2.31. The third-order valence-electron chi connectivity index (χ3n) is 4.68. The van der Waals surface area contributed by atoms with E-state index in [1.54, 1.807) is 12.1 Å². The molecule has 0 aliphatic carbocycles. The van der Waals surface area contributed by atoms with Gasteiger partial charge in [-0.05, 0) is 47.9 Å². The molecule has 28 heavy (non-hydrogen) atoms. The first kappa shape index (κ1) is 19.2. The Labute approximate surface area is 161 Å². The van der Waals surface area contributed by atoms with Crippen LogP contribution >= 0.6 is 0 Å². The highest BCUT2D eigenvalue weighted by molar-refractivity contribution is 5.94. The second-order valence-corrected chi connectivity index (χ2v) is 6.56. The third kappa shape index (κ3) is 4.22. The summed E-state index contributed by atoms with van der Waals surface area (Å²) in [5.74, 6) is -2.73. The summed E-state index contributed by atoms with van der Waals surface area (Å²) < 4.78 is 0. The van der Waals surface area contributed by atoms with Crippen molar-refractivity contribution in [1.29, 1.82) is 0 Å². The monoisotopic (exact) mass is 384 g/mol. The van der Waals surface area contributed by atoms with E-state index in [0.29, 0.717) is 30.8 Å². The first-order chi connectivity index (χ1) is 13.3. The van der Waals surface area contributed by atoms with Gasteiger partial charge >= 0.3 is 11.9 Å². The average Bonchev–Trinajstić information content (AvgIpc) is 2.67. The van der Waals surface area contributed by atoms with Crippen molar-refractivity contribution in [2.75, 3.05) is 18.0 Å². The Morgan fingerprint density at radius 2 is 1.82 bits per heavy atom. The second kappa shape index (κ2) is 7.99. The molecule has 1 aliphatic rings. The van der Waals surface area contributed by atoms with Crippen LogP contribution in [0.4, 0.5) is 5.69 Å². The molecule has 1 amide bonds. The molecule has 1 heterocycles. The number of carboxylic acid groups (broad SMARTS) is 2. The van der Waals surface area contributed by atoms with Gasteiger partial charge in [0, 0.05) is 30.9 Å². The molecule has 0 saturated carbocycles. The van der Waals surface area contributed by atoms with Crippen LogP contribution in [0.3, 0.4) is 0 Å². The minimum Gasteiger partial charge on any atom is -0.507 e. The first-order valence-corrected chi connectivity index (χ1v) is 8.78. The normalized spacial score (nSPS) is 12.9. The smallest absolute Gasteiger partial charge is 0.339 e. The van der Waals surface area contributed by atoms with Crippen molar-refractivity contribution in [2.24, 2.45) is 0 Å². The molecule has 2 aromatic rings. The molecule has 1 aliphatic heterocycles. The average molecular weight is 384 g/mol. The van der Waals surface area contributed by atoms with E-state index in [1.165, 1.54) is 12.1 Å². The molecule has 8 heteroatoms. The lowest BCUT2D eigenvalue weighted by Crippen LogP contribution is -2.31. The molecule has 3 rings (SSSR count). The molecule has 0 spiro atoms. The number of nitrogens with one attached hydrogen (secondary N) is 1. The van der Waals surface area contributed by atoms with Crippen molar-refractivity contribution >= 4 is 23.5 Å². The van der Waals surface area contributed by atoms with Gasteiger partial charge < -0.3 is 25.5 Å². The van der Waals surface area contributed by atoms with Gasteiger partial charge in [0.2, 0.25) is 0 Å². The summed E-state index contributed by atoms with van der Waals surface area (Å²) in [6.07, 6.45) is 0.547. The quantitative estimate of drug-likeness (QED) is 0.599. The zero-order chi connectivity index (χ0) is 20.3. The molecule has 4 N–H and O–H groups in total. The van der Waals surface area contributed by atoms with Crippen molar-refractivity contribution < 1.29 is 29.7 Å². The summed E-state index contributed by atoms with van der Waals surface area (Å²) in [6, 6.07) is 9.86. The van der Waals surface area contributed by atoms with Crippen LogP contribution in [0.2, 0.25) is 0 Å². The summed E-state index contributed by atoms with van der Waals surface area (Å²) in [6.45, 7) is 1.27. The Morgan fingerprint density at radius 3 is 2.54 bits per heavy atom. The van der Waals surface area contributed by atoms with E-state index in [0.717, 1.165) is 11.1 Å². The maximum atomic E-state index is 12.1. The molecular weight excluding hydrogens is 364 g/mol. The molecule has 0 radical (unpaired) electrons. The summed E-state index contributed by atoms with van der Waals surface area (Å²) in [7, 11) is 0. The maximum Gasteiger partial charge on any atom is 0.339 e. The molecule has 0 saturated heterocycles. The van der Waals surface area contributed by atoms with Crippen LogP contribution in [0, 0.1) is 0 Å². The number of hydrogen-bond donors (Lipinski definition) is 4. The van der Waals surface area contributed by atoms with Crippen molar-refractivity contribution in [3.8, 4) is 5.75 Å². The third-order valence-corrected chi connectivity index (χ3v) is 4.68. The topological polar surface area (TPSA) is 127 Å². The number of fused-ring (bicyclic) bond motifs is 1. The number of phenols is 1. The van der Waals surface area contributed by atoms with E-state index in [1.807, 2.05) is 17.0 Å². The second-order valence-electron chi connectivity index (χ2n) is 6.56. The number of carboxylic acids is 2. The molecule has 0 unspecified atom stereocenters. The lowest BCUT2D eigenvalue weighted by molar-refractivity contribution is -0.136. The van der Waals surface area contributed by atoms with Crippen molar-refractivity contribution in [3.63, 3.8) is 0 Å². The Bertz CT molecular complexity index is 940. The lowest BCUT2D eigenvalue weighted by atomic mass is 9.96. The van der Waals surface area contributed by atoms with Crippen LogP contribution in [0.5, 0.6) is 5.75 Å². The fourth-order valence-electron chi connectivity index (χ4n) is 3.19. The number of anilines is 1. The highest BCUT2D eigenvalue weighted by Gasteiger charge is 2.20. The number of amides is 1. The summed E-state index contributed by atoms with van der Waals surface area (Å²) >= 11 is 0. The summed E-state index contributed by atoms with van der Waals surface area (Å²) in [5.41, 5.74) is 3.10. The van der Waals surface area contributed by atoms with Crippen molar-refractivity contribution in [1.82, 2.24) is 5.32 Å². The van der Waals surface area contributed by atoms with Gasteiger partial charge in [-0.25, -0.2) is 4.79 Å². The van der Waals surface area contributed by atoms with Crippen LogP contribution in [0.25, 0.3) is 0 Å². The predicted octanol–water partition coefficient (Wildman–Crippen LogP) is 1.86. The predicted molar refractivity (Wildman–Crippen MR) is 101 cm³/mol. The van der Waals surface area contributed by atoms with Gasteiger partial charge in [0.05, 0.1) is 6.42 Å². The fourth-order valence-corrected chi connectivity index (χ4v) is 3.19. The van der Waals surface area contributed by atoms with Crippen LogP contribution in [-0.2, 0) is 17.8 Å². The molecular formula is C20H20N2O6. The zero-order valence-electron chi connectivity index (χ0n) is 15.0. The molecule has 146 valence electrons. The number of carbonyl (C=O) groups is 3. The largest absolute Gasteiger partial charge is 0.507 e. The van der Waals surface area contributed by atoms with Gasteiger partial charge in [0.1, 0.15) is 11.3 Å². The number of nitrogens with zero attached hydrogens (tertiary/aromatic N) is 1. The van der Waals surface area contributed by atoms with Crippen LogP contribution in [0.1, 0.15) is 38.3 Å². The number of aromatic hydroxyl groups is 1.